The molecule has 106 valence electrons. The van der Waals surface area contributed by atoms with Crippen LogP contribution in [0, 0.1) is 11.8 Å². The SMILES string of the molecule is CCN(C1CCC(C(C)C)CC1)C(C)(C)C(=O)O. The predicted molar refractivity (Wildman–Crippen MR) is 74.7 cm³/mol. The van der Waals surface area contributed by atoms with E-state index in [9.17, 15) is 9.90 Å². The van der Waals surface area contributed by atoms with Crippen molar-refractivity contribution in [3.63, 3.8) is 0 Å². The summed E-state index contributed by atoms with van der Waals surface area (Å²) in [6, 6.07) is 0.441. The molecule has 0 aromatic rings. The summed E-state index contributed by atoms with van der Waals surface area (Å²) in [5.74, 6) is 0.872. The van der Waals surface area contributed by atoms with Gasteiger partial charge in [-0.15, -0.1) is 0 Å². The topological polar surface area (TPSA) is 40.5 Å². The fourth-order valence-electron chi connectivity index (χ4n) is 3.31. The van der Waals surface area contributed by atoms with Crippen molar-refractivity contribution < 1.29 is 9.90 Å². The van der Waals surface area contributed by atoms with Crippen molar-refractivity contribution in [1.82, 2.24) is 4.90 Å². The number of likely N-dealkylation sites (N-methyl/N-ethyl adjacent to an activating group) is 1. The van der Waals surface area contributed by atoms with Crippen LogP contribution < -0.4 is 0 Å². The molecule has 1 rings (SSSR count). The van der Waals surface area contributed by atoms with E-state index in [0.29, 0.717) is 6.04 Å². The largest absolute Gasteiger partial charge is 0.480 e. The van der Waals surface area contributed by atoms with Gasteiger partial charge >= 0.3 is 5.97 Å². The molecule has 18 heavy (non-hydrogen) atoms. The number of hydrogen-bond acceptors (Lipinski definition) is 2. The maximum absolute atomic E-state index is 11.4. The molecule has 0 bridgehead atoms. The second-order valence-corrected chi connectivity index (χ2v) is 6.46. The number of carbonyl (C=O) groups is 1. The molecule has 1 N–H and O–H groups in total. The second-order valence-electron chi connectivity index (χ2n) is 6.46. The minimum absolute atomic E-state index is 0.441. The number of carboxylic acid groups (broad SMARTS) is 1. The molecule has 0 saturated heterocycles. The first-order valence-corrected chi connectivity index (χ1v) is 7.30. The average Bonchev–Trinajstić information content (AvgIpc) is 2.30. The predicted octanol–water partition coefficient (Wildman–Crippen LogP) is 3.39. The summed E-state index contributed by atoms with van der Waals surface area (Å²) in [5, 5.41) is 9.37. The van der Waals surface area contributed by atoms with Gasteiger partial charge in [0.1, 0.15) is 5.54 Å². The van der Waals surface area contributed by atoms with E-state index in [2.05, 4.69) is 25.7 Å². The normalized spacial score (nSPS) is 25.7. The molecule has 0 aromatic carbocycles. The summed E-state index contributed by atoms with van der Waals surface area (Å²) in [4.78, 5) is 13.6. The van der Waals surface area contributed by atoms with Crippen molar-refractivity contribution >= 4 is 5.97 Å². The van der Waals surface area contributed by atoms with Crippen LogP contribution in [-0.2, 0) is 4.79 Å². The van der Waals surface area contributed by atoms with Crippen LogP contribution in [0.3, 0.4) is 0 Å². The number of hydrogen-bond donors (Lipinski definition) is 1. The molecule has 0 aliphatic heterocycles. The first kappa shape index (κ1) is 15.5. The fourth-order valence-corrected chi connectivity index (χ4v) is 3.31. The lowest BCUT2D eigenvalue weighted by Crippen LogP contribution is -2.55. The molecule has 0 atom stereocenters. The van der Waals surface area contributed by atoms with Crippen LogP contribution in [0.5, 0.6) is 0 Å². The summed E-state index contributed by atoms with van der Waals surface area (Å²) in [6.07, 6.45) is 4.78. The Morgan fingerprint density at radius 1 is 1.28 bits per heavy atom. The van der Waals surface area contributed by atoms with Crippen LogP contribution in [0.2, 0.25) is 0 Å². The van der Waals surface area contributed by atoms with Crippen LogP contribution >= 0.6 is 0 Å². The summed E-state index contributed by atoms with van der Waals surface area (Å²) >= 11 is 0. The average molecular weight is 255 g/mol. The van der Waals surface area contributed by atoms with Gasteiger partial charge in [-0.05, 0) is 57.9 Å². The molecule has 1 fully saturated rings. The third kappa shape index (κ3) is 3.25. The van der Waals surface area contributed by atoms with Crippen LogP contribution in [-0.4, -0.2) is 34.1 Å². The molecule has 3 heteroatoms. The Bertz CT molecular complexity index is 278. The minimum Gasteiger partial charge on any atom is -0.480 e. The van der Waals surface area contributed by atoms with Gasteiger partial charge in [0.05, 0.1) is 0 Å². The van der Waals surface area contributed by atoms with E-state index in [1.54, 1.807) is 0 Å². The lowest BCUT2D eigenvalue weighted by Gasteiger charge is -2.44. The third-order valence-corrected chi connectivity index (χ3v) is 4.71. The number of rotatable bonds is 5. The van der Waals surface area contributed by atoms with Crippen LogP contribution in [0.1, 0.15) is 60.3 Å². The van der Waals surface area contributed by atoms with E-state index in [0.717, 1.165) is 31.2 Å². The molecule has 1 saturated carbocycles. The fraction of sp³-hybridized carbons (Fsp3) is 0.933. The molecule has 0 heterocycles. The quantitative estimate of drug-likeness (QED) is 0.818. The molecule has 0 radical (unpaired) electrons. The highest BCUT2D eigenvalue weighted by atomic mass is 16.4. The van der Waals surface area contributed by atoms with Gasteiger partial charge in [-0.2, -0.15) is 0 Å². The Morgan fingerprint density at radius 2 is 1.78 bits per heavy atom. The maximum atomic E-state index is 11.4. The van der Waals surface area contributed by atoms with E-state index >= 15 is 0 Å². The number of nitrogens with zero attached hydrogens (tertiary/aromatic N) is 1. The smallest absolute Gasteiger partial charge is 0.323 e. The summed E-state index contributed by atoms with van der Waals surface area (Å²) < 4.78 is 0. The molecular formula is C15H29NO2. The highest BCUT2D eigenvalue weighted by molar-refractivity contribution is 5.77. The zero-order chi connectivity index (χ0) is 13.9. The van der Waals surface area contributed by atoms with E-state index in [4.69, 9.17) is 0 Å². The van der Waals surface area contributed by atoms with Crippen molar-refractivity contribution in [2.45, 2.75) is 71.9 Å². The highest BCUT2D eigenvalue weighted by Crippen LogP contribution is 2.34. The molecular weight excluding hydrogens is 226 g/mol. The van der Waals surface area contributed by atoms with E-state index in [1.807, 2.05) is 13.8 Å². The summed E-state index contributed by atoms with van der Waals surface area (Å²) in [5.41, 5.74) is -0.746. The van der Waals surface area contributed by atoms with Crippen molar-refractivity contribution in [3.8, 4) is 0 Å². The summed E-state index contributed by atoms with van der Waals surface area (Å²) in [6.45, 7) is 11.1. The second kappa shape index (κ2) is 6.05. The first-order valence-electron chi connectivity index (χ1n) is 7.30. The minimum atomic E-state index is -0.746. The Kier molecular flexibility index (Phi) is 5.20. The Balaban J connectivity index is 2.67. The van der Waals surface area contributed by atoms with Gasteiger partial charge in [0.25, 0.3) is 0 Å². The summed E-state index contributed by atoms with van der Waals surface area (Å²) in [7, 11) is 0. The lowest BCUT2D eigenvalue weighted by molar-refractivity contribution is -0.151. The van der Waals surface area contributed by atoms with Crippen LogP contribution in [0.25, 0.3) is 0 Å². The first-order chi connectivity index (χ1) is 8.30. The van der Waals surface area contributed by atoms with E-state index < -0.39 is 11.5 Å². The van der Waals surface area contributed by atoms with E-state index in [1.165, 1.54) is 12.8 Å². The van der Waals surface area contributed by atoms with Crippen molar-refractivity contribution in [3.05, 3.63) is 0 Å². The molecule has 0 unspecified atom stereocenters. The van der Waals surface area contributed by atoms with Crippen LogP contribution in [0.4, 0.5) is 0 Å². The highest BCUT2D eigenvalue weighted by Gasteiger charge is 2.39. The number of aliphatic carboxylic acids is 1. The molecule has 0 amide bonds. The Hall–Kier alpha value is -0.570. The molecule has 0 aromatic heterocycles. The van der Waals surface area contributed by atoms with Gasteiger partial charge in [-0.3, -0.25) is 9.69 Å². The van der Waals surface area contributed by atoms with Gasteiger partial charge < -0.3 is 5.11 Å². The van der Waals surface area contributed by atoms with Gasteiger partial charge in [-0.1, -0.05) is 20.8 Å². The van der Waals surface area contributed by atoms with Gasteiger partial charge in [0, 0.05) is 6.04 Å². The molecule has 1 aliphatic carbocycles. The third-order valence-electron chi connectivity index (χ3n) is 4.71. The zero-order valence-corrected chi connectivity index (χ0v) is 12.6. The monoisotopic (exact) mass is 255 g/mol. The molecule has 1 aliphatic rings. The van der Waals surface area contributed by atoms with Gasteiger partial charge in [0.2, 0.25) is 0 Å². The van der Waals surface area contributed by atoms with Crippen molar-refractivity contribution in [2.75, 3.05) is 6.54 Å². The van der Waals surface area contributed by atoms with Crippen molar-refractivity contribution in [1.29, 1.82) is 0 Å². The Morgan fingerprint density at radius 3 is 2.11 bits per heavy atom. The van der Waals surface area contributed by atoms with Gasteiger partial charge in [-0.25, -0.2) is 0 Å². The number of carboxylic acids is 1. The lowest BCUT2D eigenvalue weighted by atomic mass is 9.78. The standard InChI is InChI=1S/C15H29NO2/c1-6-16(15(4,5)14(17)18)13-9-7-12(8-10-13)11(2)3/h11-13H,6-10H2,1-5H3,(H,17,18). The van der Waals surface area contributed by atoms with Crippen LogP contribution in [0.15, 0.2) is 0 Å². The zero-order valence-electron chi connectivity index (χ0n) is 12.6. The maximum Gasteiger partial charge on any atom is 0.323 e. The molecule has 3 nitrogen and oxygen atoms in total. The molecule has 0 spiro atoms. The van der Waals surface area contributed by atoms with Crippen molar-refractivity contribution in [2.24, 2.45) is 11.8 Å². The van der Waals surface area contributed by atoms with Gasteiger partial charge in [0.15, 0.2) is 0 Å². The Labute approximate surface area is 112 Å². The van der Waals surface area contributed by atoms with E-state index in [-0.39, 0.29) is 0 Å².